The second kappa shape index (κ2) is 9.51. The fraction of sp³-hybridized carbons (Fsp3) is 0.375. The SMILES string of the molecule is COc1ccc(CN2CCN(Cc3cccc4cnccc34)CC2CCO)c(F)c1. The Morgan fingerprint density at radius 1 is 1.13 bits per heavy atom. The zero-order valence-electron chi connectivity index (χ0n) is 17.3. The van der Waals surface area contributed by atoms with Crippen LogP contribution in [0.4, 0.5) is 4.39 Å². The molecule has 1 unspecified atom stereocenters. The summed E-state index contributed by atoms with van der Waals surface area (Å²) in [6.45, 7) is 4.10. The van der Waals surface area contributed by atoms with Gasteiger partial charge in [0.2, 0.25) is 0 Å². The van der Waals surface area contributed by atoms with Crippen LogP contribution in [-0.2, 0) is 13.1 Å². The van der Waals surface area contributed by atoms with E-state index in [9.17, 15) is 9.50 Å². The number of hydrogen-bond acceptors (Lipinski definition) is 5. The predicted octanol–water partition coefficient (Wildman–Crippen LogP) is 3.45. The number of aromatic nitrogens is 1. The number of halogens is 1. The van der Waals surface area contributed by atoms with Crippen LogP contribution in [0.2, 0.25) is 0 Å². The smallest absolute Gasteiger partial charge is 0.131 e. The Kier molecular flexibility index (Phi) is 6.57. The van der Waals surface area contributed by atoms with Gasteiger partial charge in [-0.25, -0.2) is 4.39 Å². The molecule has 1 fully saturated rings. The van der Waals surface area contributed by atoms with E-state index in [1.165, 1.54) is 24.1 Å². The van der Waals surface area contributed by atoms with E-state index in [0.29, 0.717) is 24.3 Å². The Balaban J connectivity index is 1.46. The summed E-state index contributed by atoms with van der Waals surface area (Å²) in [6, 6.07) is 13.6. The maximum absolute atomic E-state index is 14.4. The first-order valence-electron chi connectivity index (χ1n) is 10.4. The number of benzene rings is 2. The molecule has 4 rings (SSSR count). The molecule has 2 heterocycles. The summed E-state index contributed by atoms with van der Waals surface area (Å²) >= 11 is 0. The highest BCUT2D eigenvalue weighted by atomic mass is 19.1. The van der Waals surface area contributed by atoms with Crippen molar-refractivity contribution in [3.05, 3.63) is 71.8 Å². The first-order chi connectivity index (χ1) is 14.7. The third-order valence-corrected chi connectivity index (χ3v) is 5.95. The highest BCUT2D eigenvalue weighted by Gasteiger charge is 2.27. The van der Waals surface area contributed by atoms with Gasteiger partial charge in [0.1, 0.15) is 11.6 Å². The molecule has 1 aliphatic rings. The van der Waals surface area contributed by atoms with Crippen molar-refractivity contribution in [3.8, 4) is 5.75 Å². The fourth-order valence-corrected chi connectivity index (χ4v) is 4.30. The molecule has 1 saturated heterocycles. The van der Waals surface area contributed by atoms with Crippen LogP contribution in [0.3, 0.4) is 0 Å². The van der Waals surface area contributed by atoms with Gasteiger partial charge in [0.25, 0.3) is 0 Å². The molecular formula is C24H28FN3O2. The summed E-state index contributed by atoms with van der Waals surface area (Å²) in [7, 11) is 1.54. The van der Waals surface area contributed by atoms with Crippen molar-refractivity contribution in [3.63, 3.8) is 0 Å². The molecule has 158 valence electrons. The quantitative estimate of drug-likeness (QED) is 0.648. The number of piperazine rings is 1. The summed E-state index contributed by atoms with van der Waals surface area (Å²) in [5.41, 5.74) is 1.95. The third kappa shape index (κ3) is 4.61. The molecular weight excluding hydrogens is 381 g/mol. The molecule has 0 amide bonds. The molecule has 1 aliphatic heterocycles. The zero-order chi connectivity index (χ0) is 20.9. The number of aliphatic hydroxyl groups excluding tert-OH is 1. The van der Waals surface area contributed by atoms with Gasteiger partial charge in [-0.1, -0.05) is 24.3 Å². The summed E-state index contributed by atoms with van der Waals surface area (Å²) in [5, 5.41) is 12.0. The van der Waals surface area contributed by atoms with Crippen LogP contribution in [0.1, 0.15) is 17.5 Å². The molecule has 1 N–H and O–H groups in total. The van der Waals surface area contributed by atoms with Crippen LogP contribution in [0.15, 0.2) is 54.9 Å². The number of ether oxygens (including phenoxy) is 1. The standard InChI is InChI=1S/C24H28FN3O2/c1-30-22-6-5-20(24(25)13-22)16-28-11-10-27(17-21(28)8-12-29)15-19-4-2-3-18-14-26-9-7-23(18)19/h2-7,9,13-14,21,29H,8,10-12,15-17H2,1H3. The largest absolute Gasteiger partial charge is 0.497 e. The van der Waals surface area contributed by atoms with Crippen molar-refractivity contribution in [1.82, 2.24) is 14.8 Å². The van der Waals surface area contributed by atoms with Gasteiger partial charge >= 0.3 is 0 Å². The van der Waals surface area contributed by atoms with Gasteiger partial charge in [-0.2, -0.15) is 0 Å². The van der Waals surface area contributed by atoms with E-state index in [-0.39, 0.29) is 18.5 Å². The van der Waals surface area contributed by atoms with Crippen LogP contribution in [0.25, 0.3) is 10.8 Å². The van der Waals surface area contributed by atoms with Gasteiger partial charge in [-0.15, -0.1) is 0 Å². The van der Waals surface area contributed by atoms with Crippen molar-refractivity contribution in [1.29, 1.82) is 0 Å². The van der Waals surface area contributed by atoms with E-state index in [4.69, 9.17) is 4.74 Å². The number of pyridine rings is 1. The molecule has 6 heteroatoms. The second-order valence-corrected chi connectivity index (χ2v) is 7.84. The van der Waals surface area contributed by atoms with E-state index in [2.05, 4.69) is 39.0 Å². The highest BCUT2D eigenvalue weighted by Crippen LogP contribution is 2.24. The monoisotopic (exact) mass is 409 g/mol. The van der Waals surface area contributed by atoms with Crippen LogP contribution in [0.5, 0.6) is 5.75 Å². The molecule has 5 nitrogen and oxygen atoms in total. The lowest BCUT2D eigenvalue weighted by molar-refractivity contribution is 0.0495. The van der Waals surface area contributed by atoms with Crippen LogP contribution >= 0.6 is 0 Å². The molecule has 1 atom stereocenters. The van der Waals surface area contributed by atoms with Crippen molar-refractivity contribution < 1.29 is 14.2 Å². The highest BCUT2D eigenvalue weighted by molar-refractivity contribution is 5.84. The maximum Gasteiger partial charge on any atom is 0.131 e. The molecule has 30 heavy (non-hydrogen) atoms. The average Bonchev–Trinajstić information content (AvgIpc) is 2.77. The van der Waals surface area contributed by atoms with E-state index in [1.54, 1.807) is 12.1 Å². The van der Waals surface area contributed by atoms with Gasteiger partial charge < -0.3 is 9.84 Å². The summed E-state index contributed by atoms with van der Waals surface area (Å²) in [5.74, 6) is 0.280. The summed E-state index contributed by atoms with van der Waals surface area (Å²) in [6.07, 6.45) is 4.41. The Bertz CT molecular complexity index is 992. The molecule has 0 spiro atoms. The number of fused-ring (bicyclic) bond motifs is 1. The number of hydrogen-bond donors (Lipinski definition) is 1. The minimum absolute atomic E-state index is 0.125. The molecule has 2 aromatic carbocycles. The molecule has 0 radical (unpaired) electrons. The van der Waals surface area contributed by atoms with E-state index in [0.717, 1.165) is 31.6 Å². The Morgan fingerprint density at radius 3 is 2.83 bits per heavy atom. The topological polar surface area (TPSA) is 48.8 Å². The Morgan fingerprint density at radius 2 is 2.03 bits per heavy atom. The predicted molar refractivity (Wildman–Crippen MR) is 116 cm³/mol. The van der Waals surface area contributed by atoms with Gasteiger partial charge in [0.15, 0.2) is 0 Å². The molecule has 0 saturated carbocycles. The van der Waals surface area contributed by atoms with E-state index >= 15 is 0 Å². The maximum atomic E-state index is 14.4. The van der Waals surface area contributed by atoms with Crippen LogP contribution in [0, 0.1) is 5.82 Å². The zero-order valence-corrected chi connectivity index (χ0v) is 17.3. The van der Waals surface area contributed by atoms with E-state index < -0.39 is 0 Å². The average molecular weight is 410 g/mol. The summed E-state index contributed by atoms with van der Waals surface area (Å²) in [4.78, 5) is 8.93. The summed E-state index contributed by atoms with van der Waals surface area (Å²) < 4.78 is 19.5. The molecule has 0 bridgehead atoms. The Labute approximate surface area is 176 Å². The Hall–Kier alpha value is -2.54. The minimum atomic E-state index is -0.246. The van der Waals surface area contributed by atoms with Crippen LogP contribution in [-0.4, -0.2) is 59.3 Å². The fourth-order valence-electron chi connectivity index (χ4n) is 4.30. The van der Waals surface area contributed by atoms with Crippen LogP contribution < -0.4 is 4.74 Å². The first-order valence-corrected chi connectivity index (χ1v) is 10.4. The second-order valence-electron chi connectivity index (χ2n) is 7.84. The number of rotatable bonds is 7. The molecule has 0 aliphatic carbocycles. The van der Waals surface area contributed by atoms with Gasteiger partial charge in [-0.05, 0) is 29.5 Å². The van der Waals surface area contributed by atoms with Crippen molar-refractivity contribution in [2.75, 3.05) is 33.4 Å². The van der Waals surface area contributed by atoms with Crippen molar-refractivity contribution in [2.24, 2.45) is 0 Å². The van der Waals surface area contributed by atoms with Gasteiger partial charge in [0, 0.05) is 74.8 Å². The molecule has 3 aromatic rings. The lowest BCUT2D eigenvalue weighted by Crippen LogP contribution is -2.52. The number of nitrogens with zero attached hydrogens (tertiary/aromatic N) is 3. The normalized spacial score (nSPS) is 18.0. The van der Waals surface area contributed by atoms with Gasteiger partial charge in [0.05, 0.1) is 7.11 Å². The van der Waals surface area contributed by atoms with Crippen molar-refractivity contribution in [2.45, 2.75) is 25.6 Å². The lowest BCUT2D eigenvalue weighted by atomic mass is 10.0. The van der Waals surface area contributed by atoms with Crippen molar-refractivity contribution >= 4 is 10.8 Å². The van der Waals surface area contributed by atoms with E-state index in [1.807, 2.05) is 12.4 Å². The number of aliphatic hydroxyl groups is 1. The molecule has 1 aromatic heterocycles. The lowest BCUT2D eigenvalue weighted by Gasteiger charge is -2.41. The third-order valence-electron chi connectivity index (χ3n) is 5.95. The van der Waals surface area contributed by atoms with Gasteiger partial charge in [-0.3, -0.25) is 14.8 Å². The minimum Gasteiger partial charge on any atom is -0.497 e. The number of methoxy groups -OCH3 is 1. The first kappa shape index (κ1) is 20.7.